The van der Waals surface area contributed by atoms with Gasteiger partial charge in [0.1, 0.15) is 5.78 Å². The van der Waals surface area contributed by atoms with Crippen LogP contribution in [0.4, 0.5) is 5.69 Å². The molecular weight excluding hydrogens is 399 g/mol. The Kier molecular flexibility index (Phi) is 7.15. The molecule has 0 spiro atoms. The van der Waals surface area contributed by atoms with Crippen molar-refractivity contribution < 1.29 is 24.0 Å². The summed E-state index contributed by atoms with van der Waals surface area (Å²) in [5.41, 5.74) is 0.313. The Bertz CT molecular complexity index is 770. The minimum absolute atomic E-state index is 0.170. The second-order valence-electron chi connectivity index (χ2n) is 6.47. The molecule has 1 saturated carbocycles. The fourth-order valence-electron chi connectivity index (χ4n) is 3.16. The molecule has 3 atom stereocenters. The average Bonchev–Trinajstić information content (AvgIpc) is 2.82. The number of Topliss-reactive ketones (excluding diaryl/α,β-unsaturated/α-hetero) is 1. The maximum Gasteiger partial charge on any atom is 0.307 e. The smallest absolute Gasteiger partial charge is 0.307 e. The van der Waals surface area contributed by atoms with Crippen molar-refractivity contribution in [3.05, 3.63) is 38.4 Å². The molecule has 0 radical (unpaired) electrons. The van der Waals surface area contributed by atoms with Gasteiger partial charge in [0.15, 0.2) is 6.61 Å². The summed E-state index contributed by atoms with van der Waals surface area (Å²) in [6.45, 7) is 0.815. The Hall–Kier alpha value is -2.19. The Labute approximate surface area is 165 Å². The van der Waals surface area contributed by atoms with E-state index >= 15 is 0 Å². The first-order valence-electron chi connectivity index (χ1n) is 8.22. The first-order chi connectivity index (χ1) is 12.7. The fourth-order valence-corrected chi connectivity index (χ4v) is 3.62. The normalized spacial score (nSPS) is 21.7. The minimum Gasteiger partial charge on any atom is -0.456 e. The van der Waals surface area contributed by atoms with E-state index in [1.54, 1.807) is 6.92 Å². The van der Waals surface area contributed by atoms with Crippen molar-refractivity contribution in [1.82, 2.24) is 0 Å². The van der Waals surface area contributed by atoms with Crippen LogP contribution in [0, 0.1) is 27.9 Å². The van der Waals surface area contributed by atoms with Gasteiger partial charge in [-0.15, -0.1) is 0 Å². The summed E-state index contributed by atoms with van der Waals surface area (Å²) >= 11 is 11.7. The van der Waals surface area contributed by atoms with Crippen LogP contribution >= 0.6 is 23.2 Å². The van der Waals surface area contributed by atoms with E-state index in [1.807, 2.05) is 0 Å². The van der Waals surface area contributed by atoms with E-state index in [0.717, 1.165) is 0 Å². The molecule has 2 rings (SSSR count). The van der Waals surface area contributed by atoms with Crippen LogP contribution in [0.25, 0.3) is 0 Å². The fraction of sp³-hybridized carbons (Fsp3) is 0.471. The lowest BCUT2D eigenvalue weighted by Gasteiger charge is -2.17. The number of rotatable bonds is 7. The van der Waals surface area contributed by atoms with Gasteiger partial charge >= 0.3 is 5.97 Å². The largest absolute Gasteiger partial charge is 0.456 e. The second kappa shape index (κ2) is 9.14. The molecule has 0 saturated heterocycles. The third-order valence-corrected chi connectivity index (χ3v) is 5.05. The molecule has 1 amide bonds. The number of nitro groups is 1. The molecule has 1 aromatic carbocycles. The molecule has 0 heterocycles. The first-order valence-corrected chi connectivity index (χ1v) is 8.98. The van der Waals surface area contributed by atoms with Crippen molar-refractivity contribution in [2.45, 2.75) is 19.8 Å². The highest BCUT2D eigenvalue weighted by molar-refractivity contribution is 6.36. The molecule has 0 bridgehead atoms. The van der Waals surface area contributed by atoms with Crippen LogP contribution in [0.5, 0.6) is 0 Å². The van der Waals surface area contributed by atoms with Gasteiger partial charge in [-0.25, -0.2) is 0 Å². The Morgan fingerprint density at radius 1 is 1.37 bits per heavy atom. The van der Waals surface area contributed by atoms with E-state index in [-0.39, 0.29) is 36.1 Å². The number of nitrogens with zero attached hydrogens (tertiary/aromatic N) is 1. The highest BCUT2D eigenvalue weighted by atomic mass is 35.5. The second-order valence-corrected chi connectivity index (χ2v) is 7.31. The van der Waals surface area contributed by atoms with Crippen LogP contribution < -0.4 is 5.32 Å². The predicted molar refractivity (Wildman–Crippen MR) is 98.3 cm³/mol. The standard InChI is InChI=1S/C17H18Cl2N2O6/c1-9-4-15(22)11(12(9)7-21(25)26)6-17(24)27-8-16(23)20-14-3-2-10(18)5-13(14)19/h2-3,5,9,11-12H,4,6-8H2,1H3,(H,20,23)/t9-,11+,12+/m0/s1. The maximum absolute atomic E-state index is 12.0. The summed E-state index contributed by atoms with van der Waals surface area (Å²) in [5.74, 6) is -3.00. The monoisotopic (exact) mass is 416 g/mol. The molecular formula is C17H18Cl2N2O6. The van der Waals surface area contributed by atoms with Crippen molar-refractivity contribution in [1.29, 1.82) is 0 Å². The topological polar surface area (TPSA) is 116 Å². The van der Waals surface area contributed by atoms with Crippen LogP contribution in [0.2, 0.25) is 10.0 Å². The molecule has 0 unspecified atom stereocenters. The van der Waals surface area contributed by atoms with Crippen LogP contribution in [-0.4, -0.2) is 35.7 Å². The van der Waals surface area contributed by atoms with E-state index in [1.165, 1.54) is 18.2 Å². The number of anilines is 1. The Morgan fingerprint density at radius 3 is 2.70 bits per heavy atom. The SMILES string of the molecule is C[C@H]1CC(=O)[C@H](CC(=O)OCC(=O)Nc2ccc(Cl)cc2Cl)[C@@H]1C[N+](=O)[O-]. The number of nitrogens with one attached hydrogen (secondary N) is 1. The van der Waals surface area contributed by atoms with Gasteiger partial charge in [0.05, 0.1) is 17.1 Å². The quantitative estimate of drug-likeness (QED) is 0.414. The number of benzene rings is 1. The van der Waals surface area contributed by atoms with Crippen LogP contribution in [0.15, 0.2) is 18.2 Å². The van der Waals surface area contributed by atoms with E-state index < -0.39 is 35.2 Å². The molecule has 27 heavy (non-hydrogen) atoms. The predicted octanol–water partition coefficient (Wildman–Crippen LogP) is 2.98. The summed E-state index contributed by atoms with van der Waals surface area (Å²) in [6, 6.07) is 4.50. The Morgan fingerprint density at radius 2 is 2.07 bits per heavy atom. The molecule has 1 aliphatic carbocycles. The molecule has 1 fully saturated rings. The highest BCUT2D eigenvalue weighted by Gasteiger charge is 2.44. The summed E-state index contributed by atoms with van der Waals surface area (Å²) in [5, 5.41) is 13.9. The average molecular weight is 417 g/mol. The van der Waals surface area contributed by atoms with Gasteiger partial charge in [0.25, 0.3) is 5.91 Å². The van der Waals surface area contributed by atoms with E-state index in [2.05, 4.69) is 5.32 Å². The molecule has 8 nitrogen and oxygen atoms in total. The van der Waals surface area contributed by atoms with Crippen LogP contribution in [0.3, 0.4) is 0 Å². The van der Waals surface area contributed by atoms with Crippen molar-refractivity contribution in [3.8, 4) is 0 Å². The van der Waals surface area contributed by atoms with Crippen molar-refractivity contribution in [2.75, 3.05) is 18.5 Å². The number of carbonyl (C=O) groups excluding carboxylic acids is 3. The maximum atomic E-state index is 12.0. The number of amides is 1. The number of carbonyl (C=O) groups is 3. The third kappa shape index (κ3) is 5.90. The highest BCUT2D eigenvalue weighted by Crippen LogP contribution is 2.36. The van der Waals surface area contributed by atoms with E-state index in [0.29, 0.717) is 10.7 Å². The van der Waals surface area contributed by atoms with E-state index in [4.69, 9.17) is 27.9 Å². The minimum atomic E-state index is -0.758. The van der Waals surface area contributed by atoms with Gasteiger partial charge in [-0.05, 0) is 24.1 Å². The summed E-state index contributed by atoms with van der Waals surface area (Å²) in [4.78, 5) is 46.2. The van der Waals surface area contributed by atoms with Gasteiger partial charge in [0, 0.05) is 28.2 Å². The summed E-state index contributed by atoms with van der Waals surface area (Å²) in [7, 11) is 0. The first kappa shape index (κ1) is 21.1. The third-order valence-electron chi connectivity index (χ3n) is 4.50. The molecule has 0 aliphatic heterocycles. The van der Waals surface area contributed by atoms with Gasteiger partial charge < -0.3 is 10.1 Å². The lowest BCUT2D eigenvalue weighted by Crippen LogP contribution is -2.28. The molecule has 1 aromatic rings. The number of hydrogen-bond acceptors (Lipinski definition) is 6. The van der Waals surface area contributed by atoms with E-state index in [9.17, 15) is 24.5 Å². The van der Waals surface area contributed by atoms with Gasteiger partial charge in [-0.3, -0.25) is 24.5 Å². The van der Waals surface area contributed by atoms with Gasteiger partial charge in [-0.1, -0.05) is 30.1 Å². The van der Waals surface area contributed by atoms with Crippen molar-refractivity contribution in [2.24, 2.45) is 17.8 Å². The number of halogens is 2. The molecule has 1 aliphatic rings. The summed E-state index contributed by atoms with van der Waals surface area (Å²) in [6.07, 6.45) is -0.0807. The molecule has 1 N–H and O–H groups in total. The van der Waals surface area contributed by atoms with Crippen LogP contribution in [0.1, 0.15) is 19.8 Å². The number of ether oxygens (including phenoxy) is 1. The zero-order valence-corrected chi connectivity index (χ0v) is 16.0. The Balaban J connectivity index is 1.86. The van der Waals surface area contributed by atoms with Crippen LogP contribution in [-0.2, 0) is 19.1 Å². The van der Waals surface area contributed by atoms with Crippen molar-refractivity contribution >= 4 is 46.5 Å². The molecule has 0 aromatic heterocycles. The van der Waals surface area contributed by atoms with Gasteiger partial charge in [-0.2, -0.15) is 0 Å². The molecule has 146 valence electrons. The molecule has 10 heteroatoms. The number of hydrogen-bond donors (Lipinski definition) is 1. The zero-order valence-electron chi connectivity index (χ0n) is 14.4. The number of esters is 1. The number of ketones is 1. The lowest BCUT2D eigenvalue weighted by atomic mass is 9.88. The lowest BCUT2D eigenvalue weighted by molar-refractivity contribution is -0.490. The summed E-state index contributed by atoms with van der Waals surface area (Å²) < 4.78 is 4.90. The van der Waals surface area contributed by atoms with Crippen molar-refractivity contribution in [3.63, 3.8) is 0 Å². The zero-order chi connectivity index (χ0) is 20.1. The van der Waals surface area contributed by atoms with Gasteiger partial charge in [0.2, 0.25) is 6.54 Å².